The van der Waals surface area contributed by atoms with E-state index in [4.69, 9.17) is 24.7 Å². The number of aromatic nitrogens is 5. The number of hydrogen-bond donors (Lipinski definition) is 0. The van der Waals surface area contributed by atoms with Gasteiger partial charge in [0.25, 0.3) is 11.4 Å². The molecular formula is C50H37N7OPt+2. The molecule has 0 N–H and O–H groups in total. The van der Waals surface area contributed by atoms with E-state index in [-0.39, 0.29) is 26.5 Å². The number of para-hydroxylation sites is 3. The van der Waals surface area contributed by atoms with Gasteiger partial charge >= 0.3 is 27.1 Å². The monoisotopic (exact) mass is 946 g/mol. The number of ether oxygens (including phenoxy) is 1. The first kappa shape index (κ1) is 37.7. The van der Waals surface area contributed by atoms with E-state index < -0.39 is 0 Å². The maximum Gasteiger partial charge on any atom is 2.00 e. The Balaban J connectivity index is 0.00000449. The van der Waals surface area contributed by atoms with Crippen LogP contribution in [0.5, 0.6) is 11.5 Å². The van der Waals surface area contributed by atoms with Gasteiger partial charge in [-0.1, -0.05) is 145 Å². The number of fused-ring (bicyclic) bond motifs is 4. The van der Waals surface area contributed by atoms with Crippen molar-refractivity contribution in [3.63, 3.8) is 0 Å². The Hall–Kier alpha value is -6.85. The summed E-state index contributed by atoms with van der Waals surface area (Å²) in [4.78, 5) is 20.0. The normalized spacial score (nSPS) is 12.2. The third-order valence-electron chi connectivity index (χ3n) is 10.4. The number of benzene rings is 6. The Morgan fingerprint density at radius 2 is 1.27 bits per heavy atom. The largest absolute Gasteiger partial charge is 2.00 e. The van der Waals surface area contributed by atoms with Gasteiger partial charge in [0.15, 0.2) is 18.7 Å². The molecule has 10 rings (SSSR count). The molecule has 0 radical (unpaired) electrons. The standard InChI is InChI=1S/C50H37N7O.Pt/c1-50(2,3)35-27-36(56-32-55(4)42-23-13-14-24-43(42)56)29-37(28-35)58-45-31-44-39(38-21-11-12-22-41(38)57(44)46-25-15-16-26-51-46)30-40(45)49-53-47(33-17-7-5-8-18-33)52-48(54-49)34-19-9-6-10-20-34;/h5-28,30H,1-4H3;/q;+2. The van der Waals surface area contributed by atoms with Crippen LogP contribution in [0.25, 0.3) is 61.8 Å². The molecule has 0 spiro atoms. The Bertz CT molecular complexity index is 3060. The van der Waals surface area contributed by atoms with Crippen LogP contribution in [0.4, 0.5) is 17.1 Å². The van der Waals surface area contributed by atoms with E-state index in [0.717, 1.165) is 61.4 Å². The Morgan fingerprint density at radius 1 is 0.644 bits per heavy atom. The summed E-state index contributed by atoms with van der Waals surface area (Å²) in [6, 6.07) is 59.6. The molecule has 1 aliphatic rings. The van der Waals surface area contributed by atoms with Gasteiger partial charge < -0.3 is 9.30 Å². The minimum atomic E-state index is -0.210. The summed E-state index contributed by atoms with van der Waals surface area (Å²) < 4.78 is 13.2. The number of pyridine rings is 1. The second-order valence-electron chi connectivity index (χ2n) is 15.3. The minimum absolute atomic E-state index is 0. The van der Waals surface area contributed by atoms with Gasteiger partial charge in [-0.05, 0) is 34.6 Å². The van der Waals surface area contributed by atoms with Crippen molar-refractivity contribution < 1.29 is 30.4 Å². The van der Waals surface area contributed by atoms with E-state index in [1.807, 2.05) is 113 Å². The van der Waals surface area contributed by atoms with Crippen molar-refractivity contribution in [3.8, 4) is 51.5 Å². The first-order valence-electron chi connectivity index (χ1n) is 19.2. The van der Waals surface area contributed by atoms with Crippen LogP contribution in [-0.4, -0.2) is 42.1 Å². The molecule has 8 nitrogen and oxygen atoms in total. The minimum Gasteiger partial charge on any atom is -0.508 e. The van der Waals surface area contributed by atoms with Crippen molar-refractivity contribution in [1.29, 1.82) is 0 Å². The Labute approximate surface area is 356 Å². The zero-order valence-corrected chi connectivity index (χ0v) is 35.1. The molecule has 286 valence electrons. The smallest absolute Gasteiger partial charge is 0.508 e. The average molecular weight is 947 g/mol. The number of hydrogen-bond acceptors (Lipinski definition) is 5. The van der Waals surface area contributed by atoms with Gasteiger partial charge in [0.1, 0.15) is 17.3 Å². The van der Waals surface area contributed by atoms with Crippen LogP contribution >= 0.6 is 0 Å². The van der Waals surface area contributed by atoms with Gasteiger partial charge in [-0.2, -0.15) is 0 Å². The first-order valence-corrected chi connectivity index (χ1v) is 19.2. The van der Waals surface area contributed by atoms with Crippen LogP contribution in [0.1, 0.15) is 26.3 Å². The van der Waals surface area contributed by atoms with E-state index in [1.54, 1.807) is 6.20 Å². The summed E-state index contributed by atoms with van der Waals surface area (Å²) in [6.45, 7) is 6.59. The number of rotatable bonds is 7. The second kappa shape index (κ2) is 15.1. The topological polar surface area (TPSA) is 71.7 Å². The van der Waals surface area contributed by atoms with Crippen LogP contribution in [0.15, 0.2) is 152 Å². The summed E-state index contributed by atoms with van der Waals surface area (Å²) in [5.41, 5.74) is 7.96. The third-order valence-corrected chi connectivity index (χ3v) is 10.4. The van der Waals surface area contributed by atoms with Crippen molar-refractivity contribution in [2.24, 2.45) is 0 Å². The molecular weight excluding hydrogens is 910 g/mol. The molecule has 0 amide bonds. The quantitative estimate of drug-likeness (QED) is 0.118. The molecule has 0 atom stereocenters. The third kappa shape index (κ3) is 6.97. The van der Waals surface area contributed by atoms with Crippen LogP contribution in [0.3, 0.4) is 0 Å². The zero-order chi connectivity index (χ0) is 39.4. The fraction of sp³-hybridized carbons (Fsp3) is 0.100. The van der Waals surface area contributed by atoms with Gasteiger partial charge in [0.2, 0.25) is 0 Å². The Kier molecular flexibility index (Phi) is 9.68. The van der Waals surface area contributed by atoms with Crippen molar-refractivity contribution in [2.45, 2.75) is 26.2 Å². The maximum atomic E-state index is 7.09. The summed E-state index contributed by atoms with van der Waals surface area (Å²) in [7, 11) is 2.00. The molecule has 9 heteroatoms. The summed E-state index contributed by atoms with van der Waals surface area (Å²) in [5, 5.41) is 2.00. The Morgan fingerprint density at radius 3 is 1.95 bits per heavy atom. The zero-order valence-electron chi connectivity index (χ0n) is 32.8. The second-order valence-corrected chi connectivity index (χ2v) is 15.3. The van der Waals surface area contributed by atoms with Crippen LogP contribution in [0.2, 0.25) is 0 Å². The predicted molar refractivity (Wildman–Crippen MR) is 230 cm³/mol. The van der Waals surface area contributed by atoms with Crippen molar-refractivity contribution in [3.05, 3.63) is 169 Å². The van der Waals surface area contributed by atoms with Crippen molar-refractivity contribution in [2.75, 3.05) is 7.05 Å². The molecule has 9 aromatic rings. The fourth-order valence-corrected chi connectivity index (χ4v) is 7.44. The van der Waals surface area contributed by atoms with Crippen molar-refractivity contribution in [1.82, 2.24) is 29.1 Å². The molecule has 0 unspecified atom stereocenters. The van der Waals surface area contributed by atoms with Crippen molar-refractivity contribution >= 4 is 44.9 Å². The van der Waals surface area contributed by atoms with Gasteiger partial charge in [-0.25, -0.2) is 19.9 Å². The molecule has 0 aliphatic carbocycles. The summed E-state index contributed by atoms with van der Waals surface area (Å²) >= 11 is 0. The molecule has 59 heavy (non-hydrogen) atoms. The summed E-state index contributed by atoms with van der Waals surface area (Å²) in [6.07, 6.45) is 1.80. The van der Waals surface area contributed by atoms with Crippen LogP contribution in [0, 0.1) is 12.1 Å². The fourth-order valence-electron chi connectivity index (χ4n) is 7.44. The van der Waals surface area contributed by atoms with Gasteiger partial charge in [-0.15, -0.1) is 29.1 Å². The molecule has 0 bridgehead atoms. The molecule has 0 fully saturated rings. The van der Waals surface area contributed by atoms with Crippen LogP contribution < -0.4 is 9.31 Å². The number of nitrogens with zero attached hydrogens (tertiary/aromatic N) is 7. The van der Waals surface area contributed by atoms with E-state index in [9.17, 15) is 0 Å². The van der Waals surface area contributed by atoms with Gasteiger partial charge in [0, 0.05) is 46.5 Å². The van der Waals surface area contributed by atoms with E-state index >= 15 is 0 Å². The molecule has 1 aliphatic heterocycles. The molecule has 6 aromatic carbocycles. The average Bonchev–Trinajstić information content (AvgIpc) is 3.77. The first-order chi connectivity index (χ1) is 28.3. The SMILES string of the molecule is C[N+]1=C=[N+](c2[c-]c(Oc3[c-]c4c(cc3-c3nc(-c5ccccc5)nc(-c5ccccc5)n3)c3ccccc3n4-c3ccccn3)cc(C(C)(C)C)c2)c2ccccc21.[Pt+2]. The molecule has 0 saturated heterocycles. The molecule has 0 saturated carbocycles. The molecule has 3 aromatic heterocycles. The van der Waals surface area contributed by atoms with Gasteiger partial charge in [0.05, 0.1) is 0 Å². The summed E-state index contributed by atoms with van der Waals surface area (Å²) in [5.74, 6) is 3.30. The predicted octanol–water partition coefficient (Wildman–Crippen LogP) is 11.3. The van der Waals surface area contributed by atoms with E-state index in [1.165, 1.54) is 0 Å². The van der Waals surface area contributed by atoms with E-state index in [0.29, 0.717) is 34.5 Å². The van der Waals surface area contributed by atoms with E-state index in [2.05, 4.69) is 92.0 Å². The van der Waals surface area contributed by atoms with Crippen LogP contribution in [-0.2, 0) is 26.5 Å². The maximum absolute atomic E-state index is 7.09. The van der Waals surface area contributed by atoms with Gasteiger partial charge in [-0.3, -0.25) is 0 Å². The molecule has 4 heterocycles.